The molecule has 0 aromatic heterocycles. The summed E-state index contributed by atoms with van der Waals surface area (Å²) in [5, 5.41) is 16.0. The van der Waals surface area contributed by atoms with Gasteiger partial charge >= 0.3 is 6.18 Å². The monoisotopic (exact) mass is 502 g/mol. The van der Waals surface area contributed by atoms with Crippen molar-refractivity contribution in [2.24, 2.45) is 23.0 Å². The van der Waals surface area contributed by atoms with Crippen LogP contribution in [0.3, 0.4) is 0 Å². The number of amides is 3. The predicted molar refractivity (Wildman–Crippen MR) is 122 cm³/mol. The summed E-state index contributed by atoms with van der Waals surface area (Å²) in [4.78, 5) is 48.3. The molecular formula is C23H33F3N4O5. The first kappa shape index (κ1) is 29.9. The summed E-state index contributed by atoms with van der Waals surface area (Å²) >= 11 is 0. The Balaban J connectivity index is 3.05. The summed E-state index contributed by atoms with van der Waals surface area (Å²) < 4.78 is 38.3. The second-order valence-corrected chi connectivity index (χ2v) is 10.0. The van der Waals surface area contributed by atoms with Gasteiger partial charge < -0.3 is 16.4 Å². The molecule has 0 radical (unpaired) electrons. The highest BCUT2D eigenvalue weighted by Gasteiger charge is 2.37. The van der Waals surface area contributed by atoms with E-state index >= 15 is 0 Å². The fourth-order valence-electron chi connectivity index (χ4n) is 3.49. The molecule has 4 N–H and O–H groups in total. The van der Waals surface area contributed by atoms with E-state index in [2.05, 4.69) is 10.6 Å². The highest BCUT2D eigenvalue weighted by Crippen LogP contribution is 2.29. The Labute approximate surface area is 202 Å². The van der Waals surface area contributed by atoms with Gasteiger partial charge in [0.2, 0.25) is 24.3 Å². The number of nitro groups is 1. The van der Waals surface area contributed by atoms with Crippen LogP contribution in [0.4, 0.5) is 13.2 Å². The van der Waals surface area contributed by atoms with Gasteiger partial charge in [0, 0.05) is 11.3 Å². The fourth-order valence-corrected chi connectivity index (χ4v) is 3.49. The van der Waals surface area contributed by atoms with Crippen molar-refractivity contribution in [3.8, 4) is 0 Å². The summed E-state index contributed by atoms with van der Waals surface area (Å²) in [6, 6.07) is 1.66. The molecule has 0 aliphatic carbocycles. The van der Waals surface area contributed by atoms with E-state index in [9.17, 15) is 37.7 Å². The molecule has 3 atom stereocenters. The van der Waals surface area contributed by atoms with Gasteiger partial charge in [-0.05, 0) is 35.4 Å². The Morgan fingerprint density at radius 3 is 1.97 bits per heavy atom. The third kappa shape index (κ3) is 9.91. The third-order valence-electron chi connectivity index (χ3n) is 5.29. The second-order valence-electron chi connectivity index (χ2n) is 10.0. The molecule has 0 unspecified atom stereocenters. The molecular weight excluding hydrogens is 469 g/mol. The van der Waals surface area contributed by atoms with Crippen LogP contribution in [-0.2, 0) is 27.0 Å². The van der Waals surface area contributed by atoms with E-state index in [-0.39, 0.29) is 18.8 Å². The van der Waals surface area contributed by atoms with Gasteiger partial charge in [0.15, 0.2) is 0 Å². The Morgan fingerprint density at radius 1 is 1.03 bits per heavy atom. The number of nitrogens with one attached hydrogen (secondary N) is 2. The van der Waals surface area contributed by atoms with Gasteiger partial charge in [-0.1, -0.05) is 46.8 Å². The lowest BCUT2D eigenvalue weighted by molar-refractivity contribution is -0.486. The third-order valence-corrected chi connectivity index (χ3v) is 5.29. The zero-order chi connectivity index (χ0) is 27.1. The number of halogens is 3. The van der Waals surface area contributed by atoms with Gasteiger partial charge in [-0.2, -0.15) is 13.2 Å². The van der Waals surface area contributed by atoms with Crippen LogP contribution in [0.1, 0.15) is 52.2 Å². The normalized spacial score (nSPS) is 14.7. The first-order chi connectivity index (χ1) is 15.9. The molecule has 3 amide bonds. The maximum Gasteiger partial charge on any atom is 0.416 e. The number of carbonyl (C=O) groups is 3. The van der Waals surface area contributed by atoms with Gasteiger partial charge in [-0.15, -0.1) is 0 Å². The van der Waals surface area contributed by atoms with Crippen LogP contribution in [0.15, 0.2) is 24.3 Å². The van der Waals surface area contributed by atoms with Crippen LogP contribution in [0.5, 0.6) is 0 Å². The number of alkyl halides is 3. The molecule has 9 nitrogen and oxygen atoms in total. The largest absolute Gasteiger partial charge is 0.416 e. The Hall–Kier alpha value is -3.18. The highest BCUT2D eigenvalue weighted by molar-refractivity contribution is 5.92. The van der Waals surface area contributed by atoms with Crippen LogP contribution >= 0.6 is 0 Å². The van der Waals surface area contributed by atoms with Crippen molar-refractivity contribution in [1.82, 2.24) is 10.6 Å². The average molecular weight is 503 g/mol. The number of carbonyl (C=O) groups excluding carboxylic acids is 3. The summed E-state index contributed by atoms with van der Waals surface area (Å²) in [6.07, 6.45) is -4.44. The van der Waals surface area contributed by atoms with E-state index in [1.54, 1.807) is 20.8 Å². The summed E-state index contributed by atoms with van der Waals surface area (Å²) in [5.41, 5.74) is 4.04. The Bertz CT molecular complexity index is 911. The second kappa shape index (κ2) is 12.0. The van der Waals surface area contributed by atoms with Crippen LogP contribution in [0.2, 0.25) is 0 Å². The molecule has 0 aliphatic rings. The first-order valence-electron chi connectivity index (χ1n) is 11.1. The van der Waals surface area contributed by atoms with Crippen molar-refractivity contribution in [2.45, 2.75) is 65.7 Å². The zero-order valence-electron chi connectivity index (χ0n) is 20.4. The summed E-state index contributed by atoms with van der Waals surface area (Å²) in [7, 11) is 0. The molecule has 12 heteroatoms. The molecule has 1 aromatic carbocycles. The van der Waals surface area contributed by atoms with Gasteiger partial charge in [-0.3, -0.25) is 24.5 Å². The van der Waals surface area contributed by atoms with E-state index in [1.165, 1.54) is 12.1 Å². The van der Waals surface area contributed by atoms with E-state index < -0.39 is 64.3 Å². The van der Waals surface area contributed by atoms with Crippen molar-refractivity contribution < 1.29 is 32.5 Å². The molecule has 0 fully saturated rings. The van der Waals surface area contributed by atoms with E-state index in [0.717, 1.165) is 12.1 Å². The topological polar surface area (TPSA) is 144 Å². The van der Waals surface area contributed by atoms with Crippen molar-refractivity contribution in [3.05, 3.63) is 45.5 Å². The maximum atomic E-state index is 13.1. The molecule has 0 heterocycles. The molecule has 35 heavy (non-hydrogen) atoms. The van der Waals surface area contributed by atoms with Gasteiger partial charge in [0.25, 0.3) is 0 Å². The van der Waals surface area contributed by atoms with Crippen molar-refractivity contribution >= 4 is 17.7 Å². The van der Waals surface area contributed by atoms with Gasteiger partial charge in [-0.25, -0.2) is 0 Å². The minimum Gasteiger partial charge on any atom is -0.368 e. The van der Waals surface area contributed by atoms with E-state index in [1.807, 2.05) is 13.8 Å². The molecule has 0 bridgehead atoms. The standard InChI is InChI=1S/C23H33F3N4O5/c1-13(2)10-15(12-30(34)35)20(32)29-18(22(3,4)5)21(33)28-17(19(27)31)11-14-6-8-16(9-7-14)23(24,25)26/h6-9,13,15,17-18H,10-12H2,1-5H3,(H2,27,31)(H,28,33)(H,29,32)/t15-,17+,18-/m1/s1. The molecule has 196 valence electrons. The number of hydrogen-bond donors (Lipinski definition) is 3. The van der Waals surface area contributed by atoms with Gasteiger partial charge in [0.05, 0.1) is 5.56 Å². The zero-order valence-corrected chi connectivity index (χ0v) is 20.4. The first-order valence-corrected chi connectivity index (χ1v) is 11.1. The van der Waals surface area contributed by atoms with Crippen LogP contribution in [0.25, 0.3) is 0 Å². The number of nitrogens with zero attached hydrogens (tertiary/aromatic N) is 1. The molecule has 1 aromatic rings. The van der Waals surface area contributed by atoms with Gasteiger partial charge in [0.1, 0.15) is 18.0 Å². The maximum absolute atomic E-state index is 13.1. The molecule has 0 aliphatic heterocycles. The SMILES string of the molecule is CC(C)C[C@H](C[N+](=O)[O-])C(=O)N[C@H](C(=O)N[C@@H](Cc1ccc(C(F)(F)F)cc1)C(N)=O)C(C)(C)C. The van der Waals surface area contributed by atoms with Crippen molar-refractivity contribution in [2.75, 3.05) is 6.54 Å². The minimum atomic E-state index is -4.52. The minimum absolute atomic E-state index is 0.00408. The molecule has 0 spiro atoms. The Morgan fingerprint density at radius 2 is 1.57 bits per heavy atom. The number of benzene rings is 1. The number of hydrogen-bond acceptors (Lipinski definition) is 5. The van der Waals surface area contributed by atoms with Crippen molar-refractivity contribution in [3.63, 3.8) is 0 Å². The smallest absolute Gasteiger partial charge is 0.368 e. The highest BCUT2D eigenvalue weighted by atomic mass is 19.4. The van der Waals surface area contributed by atoms with E-state index in [4.69, 9.17) is 5.73 Å². The lowest BCUT2D eigenvalue weighted by atomic mass is 9.85. The van der Waals surface area contributed by atoms with Crippen LogP contribution < -0.4 is 16.4 Å². The lowest BCUT2D eigenvalue weighted by Crippen LogP contribution is -2.58. The fraction of sp³-hybridized carbons (Fsp3) is 0.609. The predicted octanol–water partition coefficient (Wildman–Crippen LogP) is 2.69. The lowest BCUT2D eigenvalue weighted by Gasteiger charge is -2.32. The number of primary amides is 1. The summed E-state index contributed by atoms with van der Waals surface area (Å²) in [5.74, 6) is -3.28. The summed E-state index contributed by atoms with van der Waals surface area (Å²) in [6.45, 7) is 8.02. The molecule has 0 saturated carbocycles. The quantitative estimate of drug-likeness (QED) is 0.315. The Kier molecular flexibility index (Phi) is 10.2. The van der Waals surface area contributed by atoms with Crippen LogP contribution in [0, 0.1) is 27.4 Å². The number of nitrogens with two attached hydrogens (primary N) is 1. The molecule has 1 rings (SSSR count). The van der Waals surface area contributed by atoms with Crippen LogP contribution in [-0.4, -0.2) is 41.3 Å². The molecule has 0 saturated heterocycles. The van der Waals surface area contributed by atoms with Crippen molar-refractivity contribution in [1.29, 1.82) is 0 Å². The average Bonchev–Trinajstić information content (AvgIpc) is 2.68. The number of rotatable bonds is 11. The van der Waals surface area contributed by atoms with E-state index in [0.29, 0.717) is 5.56 Å².